The standard InChI is InChI=1S/C12H16ClNO/c1-2-3-7-12(15)14-9-10-5-4-6-11(13)8-10/h4-6,8H,2-3,7,9H2,1H3,(H,14,15). The summed E-state index contributed by atoms with van der Waals surface area (Å²) in [6, 6.07) is 7.52. The molecule has 0 saturated heterocycles. The molecule has 0 unspecified atom stereocenters. The van der Waals surface area contributed by atoms with Gasteiger partial charge in [-0.2, -0.15) is 0 Å². The molecular formula is C12H16ClNO. The van der Waals surface area contributed by atoms with Gasteiger partial charge in [0, 0.05) is 18.0 Å². The van der Waals surface area contributed by atoms with Crippen molar-refractivity contribution < 1.29 is 4.79 Å². The first-order valence-corrected chi connectivity index (χ1v) is 5.61. The fourth-order valence-electron chi connectivity index (χ4n) is 1.27. The maximum atomic E-state index is 11.3. The van der Waals surface area contributed by atoms with Crippen LogP contribution in [0.25, 0.3) is 0 Å². The van der Waals surface area contributed by atoms with Gasteiger partial charge in [-0.1, -0.05) is 37.1 Å². The van der Waals surface area contributed by atoms with E-state index in [-0.39, 0.29) is 5.91 Å². The molecule has 0 bridgehead atoms. The topological polar surface area (TPSA) is 29.1 Å². The van der Waals surface area contributed by atoms with Gasteiger partial charge in [0.2, 0.25) is 5.91 Å². The Hall–Kier alpha value is -1.02. The van der Waals surface area contributed by atoms with E-state index in [9.17, 15) is 4.79 Å². The average molecular weight is 226 g/mol. The van der Waals surface area contributed by atoms with Crippen molar-refractivity contribution in [2.24, 2.45) is 0 Å². The first-order valence-electron chi connectivity index (χ1n) is 5.23. The highest BCUT2D eigenvalue weighted by molar-refractivity contribution is 6.30. The second-order valence-electron chi connectivity index (χ2n) is 3.51. The van der Waals surface area contributed by atoms with Gasteiger partial charge in [0.15, 0.2) is 0 Å². The first kappa shape index (κ1) is 12.1. The van der Waals surface area contributed by atoms with E-state index in [0.717, 1.165) is 18.4 Å². The maximum Gasteiger partial charge on any atom is 0.220 e. The van der Waals surface area contributed by atoms with E-state index in [1.54, 1.807) is 0 Å². The SMILES string of the molecule is CCCCC(=O)NCc1cccc(Cl)c1. The van der Waals surface area contributed by atoms with Crippen LogP contribution in [0, 0.1) is 0 Å². The number of benzene rings is 1. The average Bonchev–Trinajstić information content (AvgIpc) is 2.23. The van der Waals surface area contributed by atoms with Crippen LogP contribution in [0.2, 0.25) is 5.02 Å². The van der Waals surface area contributed by atoms with Crippen molar-refractivity contribution in [2.45, 2.75) is 32.7 Å². The Morgan fingerprint density at radius 2 is 2.27 bits per heavy atom. The summed E-state index contributed by atoms with van der Waals surface area (Å²) >= 11 is 5.83. The molecule has 0 atom stereocenters. The Morgan fingerprint density at radius 3 is 2.93 bits per heavy atom. The van der Waals surface area contributed by atoms with Gasteiger partial charge in [-0.15, -0.1) is 0 Å². The number of hydrogen-bond donors (Lipinski definition) is 1. The van der Waals surface area contributed by atoms with Crippen molar-refractivity contribution in [1.29, 1.82) is 0 Å². The van der Waals surface area contributed by atoms with Crippen LogP contribution in [0.15, 0.2) is 24.3 Å². The van der Waals surface area contributed by atoms with Crippen molar-refractivity contribution in [3.63, 3.8) is 0 Å². The predicted octanol–water partition coefficient (Wildman–Crippen LogP) is 3.15. The minimum atomic E-state index is 0.108. The van der Waals surface area contributed by atoms with Crippen molar-refractivity contribution >= 4 is 17.5 Å². The molecule has 0 fully saturated rings. The second kappa shape index (κ2) is 6.46. The Bertz CT molecular complexity index is 325. The van der Waals surface area contributed by atoms with Crippen molar-refractivity contribution in [2.75, 3.05) is 0 Å². The molecule has 15 heavy (non-hydrogen) atoms. The summed E-state index contributed by atoms with van der Waals surface area (Å²) in [6.45, 7) is 2.63. The Kier molecular flexibility index (Phi) is 5.19. The van der Waals surface area contributed by atoms with Gasteiger partial charge < -0.3 is 5.32 Å². The first-order chi connectivity index (χ1) is 7.22. The number of hydrogen-bond acceptors (Lipinski definition) is 1. The van der Waals surface area contributed by atoms with Crippen LogP contribution in [0.4, 0.5) is 0 Å². The summed E-state index contributed by atoms with van der Waals surface area (Å²) in [6.07, 6.45) is 2.60. The molecule has 0 aliphatic carbocycles. The molecule has 1 aromatic carbocycles. The third kappa shape index (κ3) is 4.84. The molecule has 0 aromatic heterocycles. The van der Waals surface area contributed by atoms with Gasteiger partial charge in [0.25, 0.3) is 0 Å². The third-order valence-corrected chi connectivity index (χ3v) is 2.37. The zero-order chi connectivity index (χ0) is 11.1. The lowest BCUT2D eigenvalue weighted by Crippen LogP contribution is -2.22. The lowest BCUT2D eigenvalue weighted by molar-refractivity contribution is -0.121. The quantitative estimate of drug-likeness (QED) is 0.820. The summed E-state index contributed by atoms with van der Waals surface area (Å²) in [5.41, 5.74) is 1.03. The van der Waals surface area contributed by atoms with E-state index >= 15 is 0 Å². The molecule has 1 amide bonds. The van der Waals surface area contributed by atoms with E-state index in [4.69, 9.17) is 11.6 Å². The van der Waals surface area contributed by atoms with Crippen molar-refractivity contribution in [1.82, 2.24) is 5.32 Å². The normalized spacial score (nSPS) is 10.0. The van der Waals surface area contributed by atoms with Gasteiger partial charge >= 0.3 is 0 Å². The molecule has 0 heterocycles. The van der Waals surface area contributed by atoms with E-state index in [1.807, 2.05) is 24.3 Å². The number of halogens is 1. The summed E-state index contributed by atoms with van der Waals surface area (Å²) in [5.74, 6) is 0.108. The van der Waals surface area contributed by atoms with Crippen LogP contribution in [-0.4, -0.2) is 5.91 Å². The van der Waals surface area contributed by atoms with Gasteiger partial charge in [-0.05, 0) is 24.1 Å². The highest BCUT2D eigenvalue weighted by Gasteiger charge is 2.00. The maximum absolute atomic E-state index is 11.3. The molecule has 1 rings (SSSR count). The zero-order valence-corrected chi connectivity index (χ0v) is 9.68. The monoisotopic (exact) mass is 225 g/mol. The Morgan fingerprint density at radius 1 is 1.47 bits per heavy atom. The molecule has 0 saturated carbocycles. The zero-order valence-electron chi connectivity index (χ0n) is 8.92. The second-order valence-corrected chi connectivity index (χ2v) is 3.95. The third-order valence-electron chi connectivity index (χ3n) is 2.14. The van der Waals surface area contributed by atoms with Crippen molar-refractivity contribution in [3.05, 3.63) is 34.9 Å². The summed E-state index contributed by atoms with van der Waals surface area (Å²) < 4.78 is 0. The molecule has 0 aliphatic heterocycles. The number of amides is 1. The minimum Gasteiger partial charge on any atom is -0.352 e. The fourth-order valence-corrected chi connectivity index (χ4v) is 1.49. The van der Waals surface area contributed by atoms with E-state index < -0.39 is 0 Å². The molecule has 82 valence electrons. The van der Waals surface area contributed by atoms with E-state index in [0.29, 0.717) is 18.0 Å². The number of unbranched alkanes of at least 4 members (excludes halogenated alkanes) is 1. The molecule has 1 aromatic rings. The molecule has 0 radical (unpaired) electrons. The predicted molar refractivity (Wildman–Crippen MR) is 62.8 cm³/mol. The lowest BCUT2D eigenvalue weighted by atomic mass is 10.2. The molecule has 2 nitrogen and oxygen atoms in total. The van der Waals surface area contributed by atoms with Crippen LogP contribution in [0.1, 0.15) is 31.7 Å². The fraction of sp³-hybridized carbons (Fsp3) is 0.417. The minimum absolute atomic E-state index is 0.108. The van der Waals surface area contributed by atoms with Crippen molar-refractivity contribution in [3.8, 4) is 0 Å². The summed E-state index contributed by atoms with van der Waals surface area (Å²) in [5, 5.41) is 3.57. The molecule has 0 spiro atoms. The highest BCUT2D eigenvalue weighted by Crippen LogP contribution is 2.10. The number of rotatable bonds is 5. The lowest BCUT2D eigenvalue weighted by Gasteiger charge is -2.04. The number of carbonyl (C=O) groups excluding carboxylic acids is 1. The van der Waals surface area contributed by atoms with Crippen LogP contribution >= 0.6 is 11.6 Å². The van der Waals surface area contributed by atoms with Gasteiger partial charge in [0.05, 0.1) is 0 Å². The smallest absolute Gasteiger partial charge is 0.220 e. The van der Waals surface area contributed by atoms with Crippen LogP contribution in [-0.2, 0) is 11.3 Å². The highest BCUT2D eigenvalue weighted by atomic mass is 35.5. The summed E-state index contributed by atoms with van der Waals surface area (Å²) in [7, 11) is 0. The van der Waals surface area contributed by atoms with Gasteiger partial charge in [-0.25, -0.2) is 0 Å². The largest absolute Gasteiger partial charge is 0.352 e. The molecule has 3 heteroatoms. The van der Waals surface area contributed by atoms with Gasteiger partial charge in [0.1, 0.15) is 0 Å². The van der Waals surface area contributed by atoms with E-state index in [1.165, 1.54) is 0 Å². The van der Waals surface area contributed by atoms with Gasteiger partial charge in [-0.3, -0.25) is 4.79 Å². The Labute approximate surface area is 95.6 Å². The van der Waals surface area contributed by atoms with Crippen LogP contribution < -0.4 is 5.32 Å². The molecule has 1 N–H and O–H groups in total. The van der Waals surface area contributed by atoms with Crippen LogP contribution in [0.3, 0.4) is 0 Å². The molecule has 0 aliphatic rings. The number of nitrogens with one attached hydrogen (secondary N) is 1. The summed E-state index contributed by atoms with van der Waals surface area (Å²) in [4.78, 5) is 11.3. The molecular weight excluding hydrogens is 210 g/mol. The number of carbonyl (C=O) groups is 1. The van der Waals surface area contributed by atoms with Crippen LogP contribution in [0.5, 0.6) is 0 Å². The van der Waals surface area contributed by atoms with E-state index in [2.05, 4.69) is 12.2 Å². The Balaban J connectivity index is 2.33.